The van der Waals surface area contributed by atoms with Crippen molar-refractivity contribution >= 4 is 5.97 Å². The number of rotatable bonds is 2. The third-order valence-corrected chi connectivity index (χ3v) is 9.58. The fourth-order valence-corrected chi connectivity index (χ4v) is 7.63. The first kappa shape index (κ1) is 25.7. The van der Waals surface area contributed by atoms with Gasteiger partial charge in [-0.05, 0) is 63.8 Å². The molecule has 2 N–H and O–H groups in total. The number of carbonyl (C=O) groups is 1. The van der Waals surface area contributed by atoms with E-state index in [0.717, 1.165) is 29.6 Å². The van der Waals surface area contributed by atoms with Crippen LogP contribution >= 0.6 is 0 Å². The number of aliphatic hydroxyl groups excluding tert-OH is 1. The Morgan fingerprint density at radius 3 is 2.39 bits per heavy atom. The zero-order valence-corrected chi connectivity index (χ0v) is 22.5. The van der Waals surface area contributed by atoms with Crippen LogP contribution in [-0.4, -0.2) is 52.0 Å². The molecule has 1 saturated carbocycles. The highest BCUT2D eigenvalue weighted by atomic mass is 16.8. The van der Waals surface area contributed by atoms with Gasteiger partial charge in [0.2, 0.25) is 0 Å². The SMILES string of the molecule is CC1=CCC[C@@]2(C)[C@H]3OC(C)(C)O[C@@H]3C3=C(C)[C@@H](O)C[C@@](O)([C@@H](OC(=O)c4ccccc4)[C@H]12)C3(C)C. The topological polar surface area (TPSA) is 85.2 Å². The van der Waals surface area contributed by atoms with Gasteiger partial charge in [-0.25, -0.2) is 4.79 Å². The summed E-state index contributed by atoms with van der Waals surface area (Å²) in [6, 6.07) is 8.90. The summed E-state index contributed by atoms with van der Waals surface area (Å²) in [7, 11) is 0. The van der Waals surface area contributed by atoms with E-state index in [-0.39, 0.29) is 18.4 Å². The lowest BCUT2D eigenvalue weighted by atomic mass is 9.48. The van der Waals surface area contributed by atoms with Crippen LogP contribution in [0.3, 0.4) is 0 Å². The first-order valence-electron chi connectivity index (χ1n) is 13.1. The standard InChI is InChI=1S/C30H40O6/c1-17-12-11-15-29(7)21(17)24(34-26(32)19-13-9-8-10-14-19)30(33)16-20(31)18(2)22(27(30,3)4)23-25(29)36-28(5,6)35-23/h8-10,12-14,20-21,23-25,31,33H,11,15-16H2,1-7H3/t20-,21-,23+,24-,25-,29+,30+/m0/s1. The highest BCUT2D eigenvalue weighted by Gasteiger charge is 2.69. The lowest BCUT2D eigenvalue weighted by molar-refractivity contribution is -0.210. The Labute approximate surface area is 214 Å². The highest BCUT2D eigenvalue weighted by molar-refractivity contribution is 5.89. The van der Waals surface area contributed by atoms with Crippen LogP contribution in [0.5, 0.6) is 0 Å². The fourth-order valence-electron chi connectivity index (χ4n) is 7.63. The van der Waals surface area contributed by atoms with Crippen LogP contribution in [0.4, 0.5) is 0 Å². The van der Waals surface area contributed by atoms with E-state index in [4.69, 9.17) is 14.2 Å². The van der Waals surface area contributed by atoms with Gasteiger partial charge in [-0.3, -0.25) is 0 Å². The lowest BCUT2D eigenvalue weighted by Crippen LogP contribution is -2.69. The average molecular weight is 497 g/mol. The molecular formula is C30H40O6. The molecule has 0 spiro atoms. The Kier molecular flexibility index (Phi) is 5.88. The number of esters is 1. The normalized spacial score (nSPS) is 40.9. The van der Waals surface area contributed by atoms with Crippen LogP contribution in [0, 0.1) is 16.7 Å². The number of hydrogen-bond acceptors (Lipinski definition) is 6. The van der Waals surface area contributed by atoms with Crippen LogP contribution in [-0.2, 0) is 14.2 Å². The van der Waals surface area contributed by atoms with E-state index < -0.39 is 46.5 Å². The number of hydrogen-bond donors (Lipinski definition) is 2. The van der Waals surface area contributed by atoms with Crippen molar-refractivity contribution in [1.29, 1.82) is 0 Å². The van der Waals surface area contributed by atoms with Gasteiger partial charge in [-0.2, -0.15) is 0 Å². The van der Waals surface area contributed by atoms with Crippen molar-refractivity contribution < 1.29 is 29.2 Å². The fraction of sp³-hybridized carbons (Fsp3) is 0.633. The van der Waals surface area contributed by atoms with Crippen molar-refractivity contribution in [3.05, 3.63) is 58.7 Å². The summed E-state index contributed by atoms with van der Waals surface area (Å²) < 4.78 is 19.6. The quantitative estimate of drug-likeness (QED) is 0.445. The molecule has 3 aliphatic carbocycles. The summed E-state index contributed by atoms with van der Waals surface area (Å²) in [4.78, 5) is 13.5. The molecule has 1 aromatic carbocycles. The summed E-state index contributed by atoms with van der Waals surface area (Å²) in [5.41, 5.74) is 0.288. The maximum atomic E-state index is 13.5. The number of ether oxygens (including phenoxy) is 3. The van der Waals surface area contributed by atoms with Gasteiger partial charge in [-0.1, -0.05) is 50.6 Å². The number of benzene rings is 1. The molecule has 1 aromatic rings. The largest absolute Gasteiger partial charge is 0.455 e. The third-order valence-electron chi connectivity index (χ3n) is 9.58. The number of aliphatic hydroxyl groups is 2. The summed E-state index contributed by atoms with van der Waals surface area (Å²) >= 11 is 0. The van der Waals surface area contributed by atoms with Gasteiger partial charge in [0.1, 0.15) is 17.8 Å². The molecule has 0 radical (unpaired) electrons. The van der Waals surface area contributed by atoms with Gasteiger partial charge >= 0.3 is 5.97 Å². The van der Waals surface area contributed by atoms with Crippen LogP contribution in [0.25, 0.3) is 0 Å². The molecular weight excluding hydrogens is 456 g/mol. The second-order valence-electron chi connectivity index (χ2n) is 12.5. The minimum atomic E-state index is -1.54. The second kappa shape index (κ2) is 8.26. The Balaban J connectivity index is 1.76. The number of allylic oxidation sites excluding steroid dienone is 1. The molecule has 2 bridgehead atoms. The number of carbonyl (C=O) groups excluding carboxylic acids is 1. The Morgan fingerprint density at radius 2 is 1.72 bits per heavy atom. The molecule has 6 nitrogen and oxygen atoms in total. The molecule has 1 aliphatic heterocycles. The maximum Gasteiger partial charge on any atom is 0.338 e. The lowest BCUT2D eigenvalue weighted by Gasteiger charge is -2.61. The van der Waals surface area contributed by atoms with E-state index in [9.17, 15) is 15.0 Å². The molecule has 0 unspecified atom stereocenters. The van der Waals surface area contributed by atoms with Gasteiger partial charge < -0.3 is 24.4 Å². The predicted octanol–water partition coefficient (Wildman–Crippen LogP) is 4.95. The Morgan fingerprint density at radius 1 is 1.06 bits per heavy atom. The van der Waals surface area contributed by atoms with E-state index in [0.29, 0.717) is 5.56 Å². The summed E-state index contributed by atoms with van der Waals surface area (Å²) in [5.74, 6) is -1.63. The monoisotopic (exact) mass is 496 g/mol. The molecule has 4 aliphatic rings. The second-order valence-corrected chi connectivity index (χ2v) is 12.5. The van der Waals surface area contributed by atoms with Crippen LogP contribution < -0.4 is 0 Å². The van der Waals surface area contributed by atoms with Crippen molar-refractivity contribution in [2.24, 2.45) is 16.7 Å². The summed E-state index contributed by atoms with van der Waals surface area (Å²) in [6.07, 6.45) is 1.38. The van der Waals surface area contributed by atoms with Crippen molar-refractivity contribution in [2.75, 3.05) is 0 Å². The van der Waals surface area contributed by atoms with Gasteiger partial charge in [0, 0.05) is 23.2 Å². The smallest absolute Gasteiger partial charge is 0.338 e. The predicted molar refractivity (Wildman–Crippen MR) is 136 cm³/mol. The molecule has 0 aromatic heterocycles. The van der Waals surface area contributed by atoms with Gasteiger partial charge in [0.15, 0.2) is 5.79 Å². The molecule has 5 rings (SSSR count). The third kappa shape index (κ3) is 3.56. The van der Waals surface area contributed by atoms with Crippen LogP contribution in [0.2, 0.25) is 0 Å². The van der Waals surface area contributed by atoms with Crippen LogP contribution in [0.15, 0.2) is 53.1 Å². The minimum absolute atomic E-state index is 0.0730. The molecule has 196 valence electrons. The molecule has 7 atom stereocenters. The Bertz CT molecular complexity index is 1120. The van der Waals surface area contributed by atoms with Gasteiger partial charge in [0.25, 0.3) is 0 Å². The molecule has 1 heterocycles. The van der Waals surface area contributed by atoms with Crippen molar-refractivity contribution in [2.45, 2.75) is 104 Å². The molecule has 36 heavy (non-hydrogen) atoms. The van der Waals surface area contributed by atoms with Crippen LogP contribution in [0.1, 0.15) is 78.1 Å². The van der Waals surface area contributed by atoms with Crippen molar-refractivity contribution in [1.82, 2.24) is 0 Å². The minimum Gasteiger partial charge on any atom is -0.455 e. The van der Waals surface area contributed by atoms with Crippen molar-refractivity contribution in [3.8, 4) is 0 Å². The first-order chi connectivity index (χ1) is 16.7. The molecule has 1 saturated heterocycles. The number of fused-ring (bicyclic) bond motifs is 6. The molecule has 0 amide bonds. The van der Waals surface area contributed by atoms with Gasteiger partial charge in [-0.15, -0.1) is 0 Å². The van der Waals surface area contributed by atoms with Gasteiger partial charge in [0.05, 0.1) is 17.8 Å². The van der Waals surface area contributed by atoms with E-state index in [2.05, 4.69) is 19.9 Å². The first-order valence-corrected chi connectivity index (χ1v) is 13.1. The highest BCUT2D eigenvalue weighted by Crippen LogP contribution is 2.63. The van der Waals surface area contributed by atoms with E-state index in [1.54, 1.807) is 24.3 Å². The zero-order chi connectivity index (χ0) is 26.3. The van der Waals surface area contributed by atoms with E-state index >= 15 is 0 Å². The molecule has 2 fully saturated rings. The summed E-state index contributed by atoms with van der Waals surface area (Å²) in [6.45, 7) is 14.0. The van der Waals surface area contributed by atoms with E-state index in [1.807, 2.05) is 40.7 Å². The van der Waals surface area contributed by atoms with Crippen molar-refractivity contribution in [3.63, 3.8) is 0 Å². The zero-order valence-electron chi connectivity index (χ0n) is 22.5. The maximum absolute atomic E-state index is 13.5. The van der Waals surface area contributed by atoms with E-state index in [1.165, 1.54) is 0 Å². The average Bonchev–Trinajstić information content (AvgIpc) is 3.12. The molecule has 6 heteroatoms. The summed E-state index contributed by atoms with van der Waals surface area (Å²) in [5, 5.41) is 24.0. The Hall–Kier alpha value is -1.99.